The van der Waals surface area contributed by atoms with Crippen LogP contribution in [0.25, 0.3) is 0 Å². The van der Waals surface area contributed by atoms with Crippen LogP contribution in [0.1, 0.15) is 29.3 Å². The first-order chi connectivity index (χ1) is 9.38. The number of urea groups is 1. The fraction of sp³-hybridized carbons (Fsp3) is 0.467. The number of amides is 2. The van der Waals surface area contributed by atoms with Gasteiger partial charge in [0.2, 0.25) is 0 Å². The number of aromatic carboxylic acids is 1. The fourth-order valence-electron chi connectivity index (χ4n) is 2.24. The van der Waals surface area contributed by atoms with E-state index in [0.29, 0.717) is 17.5 Å². The van der Waals surface area contributed by atoms with E-state index in [1.807, 2.05) is 0 Å². The number of aryl methyl sites for hydroxylation is 1. The first-order valence-electron chi connectivity index (χ1n) is 6.74. The smallest absolute Gasteiger partial charge is 0.335 e. The Balaban J connectivity index is 1.98. The van der Waals surface area contributed by atoms with E-state index >= 15 is 0 Å². The van der Waals surface area contributed by atoms with Crippen LogP contribution < -0.4 is 5.32 Å². The third-order valence-electron chi connectivity index (χ3n) is 3.85. The zero-order valence-corrected chi connectivity index (χ0v) is 12.0. The van der Waals surface area contributed by atoms with Crippen molar-refractivity contribution < 1.29 is 14.7 Å². The minimum absolute atomic E-state index is 0.157. The summed E-state index contributed by atoms with van der Waals surface area (Å²) in [5.74, 6) is 0.355. The SMILES string of the molecule is Cc1cc(C(=O)O)ccc1NC(=O)N(C)CC1CC1C. The van der Waals surface area contributed by atoms with Crippen LogP contribution in [0.3, 0.4) is 0 Å². The predicted octanol–water partition coefficient (Wildman–Crippen LogP) is 2.81. The molecule has 2 rings (SSSR count). The third-order valence-corrected chi connectivity index (χ3v) is 3.85. The lowest BCUT2D eigenvalue weighted by Gasteiger charge is -2.19. The molecule has 5 nitrogen and oxygen atoms in total. The van der Waals surface area contributed by atoms with E-state index in [9.17, 15) is 9.59 Å². The number of carbonyl (C=O) groups excluding carboxylic acids is 1. The molecule has 0 radical (unpaired) electrons. The van der Waals surface area contributed by atoms with Gasteiger partial charge in [-0.05, 0) is 48.9 Å². The Morgan fingerprint density at radius 1 is 1.45 bits per heavy atom. The Bertz CT molecular complexity index is 542. The Kier molecular flexibility index (Phi) is 3.97. The van der Waals surface area contributed by atoms with Crippen molar-refractivity contribution in [2.24, 2.45) is 11.8 Å². The number of hydrogen-bond acceptors (Lipinski definition) is 2. The molecular formula is C15H20N2O3. The van der Waals surface area contributed by atoms with Crippen molar-refractivity contribution >= 4 is 17.7 Å². The van der Waals surface area contributed by atoms with Crippen molar-refractivity contribution in [1.82, 2.24) is 4.90 Å². The van der Waals surface area contributed by atoms with Crippen LogP contribution in [0.5, 0.6) is 0 Å². The molecule has 1 aromatic carbocycles. The van der Waals surface area contributed by atoms with Crippen molar-refractivity contribution in [3.05, 3.63) is 29.3 Å². The molecule has 0 aliphatic heterocycles. The second-order valence-corrected chi connectivity index (χ2v) is 5.62. The minimum atomic E-state index is -0.967. The first-order valence-corrected chi connectivity index (χ1v) is 6.74. The normalized spacial score (nSPS) is 20.4. The molecule has 5 heteroatoms. The van der Waals surface area contributed by atoms with Crippen LogP contribution in [0.15, 0.2) is 18.2 Å². The third kappa shape index (κ3) is 3.29. The van der Waals surface area contributed by atoms with E-state index in [2.05, 4.69) is 12.2 Å². The lowest BCUT2D eigenvalue weighted by molar-refractivity contribution is 0.0697. The van der Waals surface area contributed by atoms with Crippen molar-refractivity contribution in [3.8, 4) is 0 Å². The molecule has 0 saturated heterocycles. The van der Waals surface area contributed by atoms with Crippen LogP contribution in [-0.4, -0.2) is 35.6 Å². The molecule has 2 atom stereocenters. The zero-order valence-electron chi connectivity index (χ0n) is 12.0. The molecule has 2 amide bonds. The molecule has 1 aliphatic rings. The summed E-state index contributed by atoms with van der Waals surface area (Å²) in [7, 11) is 1.78. The van der Waals surface area contributed by atoms with Gasteiger partial charge in [-0.1, -0.05) is 6.92 Å². The molecule has 1 aromatic rings. The molecule has 0 heterocycles. The Hall–Kier alpha value is -2.04. The van der Waals surface area contributed by atoms with Gasteiger partial charge < -0.3 is 15.3 Å². The maximum atomic E-state index is 12.1. The summed E-state index contributed by atoms with van der Waals surface area (Å²) in [6.07, 6.45) is 1.18. The highest BCUT2D eigenvalue weighted by atomic mass is 16.4. The molecular weight excluding hydrogens is 256 g/mol. The summed E-state index contributed by atoms with van der Waals surface area (Å²) >= 11 is 0. The lowest BCUT2D eigenvalue weighted by atomic mass is 10.1. The second kappa shape index (κ2) is 5.53. The number of rotatable bonds is 4. The number of carbonyl (C=O) groups is 2. The van der Waals surface area contributed by atoms with E-state index in [-0.39, 0.29) is 11.6 Å². The van der Waals surface area contributed by atoms with Crippen LogP contribution in [0.2, 0.25) is 0 Å². The quantitative estimate of drug-likeness (QED) is 0.888. The second-order valence-electron chi connectivity index (χ2n) is 5.62. The van der Waals surface area contributed by atoms with Gasteiger partial charge in [-0.2, -0.15) is 0 Å². The van der Waals surface area contributed by atoms with Crippen LogP contribution >= 0.6 is 0 Å². The molecule has 0 aromatic heterocycles. The summed E-state index contributed by atoms with van der Waals surface area (Å²) in [4.78, 5) is 24.6. The number of carboxylic acids is 1. The van der Waals surface area contributed by atoms with Crippen LogP contribution in [0.4, 0.5) is 10.5 Å². The van der Waals surface area contributed by atoms with E-state index < -0.39 is 5.97 Å². The monoisotopic (exact) mass is 276 g/mol. The van der Waals surface area contributed by atoms with Crippen molar-refractivity contribution in [1.29, 1.82) is 0 Å². The highest BCUT2D eigenvalue weighted by molar-refractivity contribution is 5.92. The van der Waals surface area contributed by atoms with E-state index in [1.54, 1.807) is 31.0 Å². The lowest BCUT2D eigenvalue weighted by Crippen LogP contribution is -2.33. The first kappa shape index (κ1) is 14.4. The van der Waals surface area contributed by atoms with Crippen molar-refractivity contribution in [2.45, 2.75) is 20.3 Å². The molecule has 1 aliphatic carbocycles. The molecule has 0 bridgehead atoms. The highest BCUT2D eigenvalue weighted by Gasteiger charge is 2.34. The van der Waals surface area contributed by atoms with Gasteiger partial charge in [0, 0.05) is 19.3 Å². The Labute approximate surface area is 118 Å². The summed E-state index contributed by atoms with van der Waals surface area (Å²) in [5, 5.41) is 11.7. The Morgan fingerprint density at radius 2 is 2.10 bits per heavy atom. The Morgan fingerprint density at radius 3 is 2.60 bits per heavy atom. The van der Waals surface area contributed by atoms with Gasteiger partial charge in [0.1, 0.15) is 0 Å². The molecule has 2 N–H and O–H groups in total. The number of nitrogens with one attached hydrogen (secondary N) is 1. The summed E-state index contributed by atoms with van der Waals surface area (Å²) in [5.41, 5.74) is 1.61. The van der Waals surface area contributed by atoms with Gasteiger partial charge in [0.05, 0.1) is 5.56 Å². The molecule has 0 spiro atoms. The molecule has 108 valence electrons. The minimum Gasteiger partial charge on any atom is -0.478 e. The number of carboxylic acid groups (broad SMARTS) is 1. The maximum Gasteiger partial charge on any atom is 0.335 e. The zero-order chi connectivity index (χ0) is 14.9. The van der Waals surface area contributed by atoms with Crippen molar-refractivity contribution in [2.75, 3.05) is 18.9 Å². The van der Waals surface area contributed by atoms with Gasteiger partial charge in [-0.15, -0.1) is 0 Å². The molecule has 1 saturated carbocycles. The van der Waals surface area contributed by atoms with Gasteiger partial charge in [0.15, 0.2) is 0 Å². The molecule has 20 heavy (non-hydrogen) atoms. The molecule has 1 fully saturated rings. The topological polar surface area (TPSA) is 69.6 Å². The van der Waals surface area contributed by atoms with Gasteiger partial charge in [-0.25, -0.2) is 9.59 Å². The van der Waals surface area contributed by atoms with Gasteiger partial charge in [0.25, 0.3) is 0 Å². The fourth-order valence-corrected chi connectivity index (χ4v) is 2.24. The summed E-state index contributed by atoms with van der Waals surface area (Å²) < 4.78 is 0. The van der Waals surface area contributed by atoms with Gasteiger partial charge >= 0.3 is 12.0 Å². The summed E-state index contributed by atoms with van der Waals surface area (Å²) in [6.45, 7) is 4.73. The van der Waals surface area contributed by atoms with E-state index in [4.69, 9.17) is 5.11 Å². The van der Waals surface area contributed by atoms with Crippen LogP contribution in [-0.2, 0) is 0 Å². The average Bonchev–Trinajstić information content (AvgIpc) is 3.06. The van der Waals surface area contributed by atoms with E-state index in [0.717, 1.165) is 12.1 Å². The number of hydrogen-bond donors (Lipinski definition) is 2. The standard InChI is InChI=1S/C15H20N2O3/c1-9-6-12(9)8-17(3)15(20)16-13-5-4-11(14(18)19)7-10(13)2/h4-5,7,9,12H,6,8H2,1-3H3,(H,16,20)(H,18,19). The molecule has 2 unspecified atom stereocenters. The number of anilines is 1. The summed E-state index contributed by atoms with van der Waals surface area (Å²) in [6, 6.07) is 4.52. The maximum absolute atomic E-state index is 12.1. The number of nitrogens with zero attached hydrogens (tertiary/aromatic N) is 1. The van der Waals surface area contributed by atoms with Crippen molar-refractivity contribution in [3.63, 3.8) is 0 Å². The predicted molar refractivity (Wildman–Crippen MR) is 77.1 cm³/mol. The largest absolute Gasteiger partial charge is 0.478 e. The number of benzene rings is 1. The van der Waals surface area contributed by atoms with Gasteiger partial charge in [-0.3, -0.25) is 0 Å². The van der Waals surface area contributed by atoms with E-state index in [1.165, 1.54) is 12.5 Å². The highest BCUT2D eigenvalue weighted by Crippen LogP contribution is 2.38. The van der Waals surface area contributed by atoms with Crippen LogP contribution in [0, 0.1) is 18.8 Å². The average molecular weight is 276 g/mol.